The van der Waals surface area contributed by atoms with Crippen LogP contribution in [0.4, 0.5) is 5.82 Å². The van der Waals surface area contributed by atoms with Gasteiger partial charge in [-0.15, -0.1) is 0 Å². The Morgan fingerprint density at radius 3 is 2.80 bits per heavy atom. The van der Waals surface area contributed by atoms with E-state index >= 15 is 0 Å². The van der Waals surface area contributed by atoms with Crippen molar-refractivity contribution in [3.8, 4) is 0 Å². The summed E-state index contributed by atoms with van der Waals surface area (Å²) in [4.78, 5) is 24.9. The third kappa shape index (κ3) is 3.40. The molecule has 130 valence electrons. The van der Waals surface area contributed by atoms with Crippen molar-refractivity contribution in [1.29, 1.82) is 0 Å². The fourth-order valence-corrected chi connectivity index (χ4v) is 2.65. The second-order valence-corrected chi connectivity index (χ2v) is 5.79. The monoisotopic (exact) mass is 341 g/mol. The number of carbonyl (C=O) groups excluding carboxylic acids is 2. The first-order chi connectivity index (χ1) is 12.0. The van der Waals surface area contributed by atoms with E-state index in [0.717, 1.165) is 10.9 Å². The van der Waals surface area contributed by atoms with Gasteiger partial charge < -0.3 is 19.1 Å². The van der Waals surface area contributed by atoms with Gasteiger partial charge in [0.05, 0.1) is 5.56 Å². The zero-order valence-corrected chi connectivity index (χ0v) is 14.3. The molecule has 25 heavy (non-hydrogen) atoms. The van der Waals surface area contributed by atoms with Gasteiger partial charge in [-0.1, -0.05) is 30.3 Å². The Hall–Kier alpha value is -3.09. The number of esters is 1. The Balaban J connectivity index is 1.76. The summed E-state index contributed by atoms with van der Waals surface area (Å²) in [5.74, 6) is -0.0993. The molecule has 3 rings (SSSR count). The van der Waals surface area contributed by atoms with E-state index in [1.54, 1.807) is 26.1 Å². The zero-order valence-electron chi connectivity index (χ0n) is 14.3. The Kier molecular flexibility index (Phi) is 4.56. The number of fused-ring (bicyclic) bond motifs is 1. The molecule has 0 aliphatic carbocycles. The molecule has 0 spiro atoms. The molecule has 0 aliphatic rings. The van der Waals surface area contributed by atoms with Crippen molar-refractivity contribution in [2.24, 2.45) is 7.05 Å². The van der Waals surface area contributed by atoms with Gasteiger partial charge in [0.2, 0.25) is 0 Å². The molecular weight excluding hydrogens is 322 g/mol. The number of hydrogen-bond donors (Lipinski definition) is 1. The summed E-state index contributed by atoms with van der Waals surface area (Å²) in [6.07, 6.45) is 1.14. The molecule has 1 atom stereocenters. The largest absolute Gasteiger partial charge is 0.449 e. The molecule has 1 aromatic carbocycles. The smallest absolute Gasteiger partial charge is 0.341 e. The van der Waals surface area contributed by atoms with Crippen molar-refractivity contribution in [2.75, 3.05) is 5.32 Å². The van der Waals surface area contributed by atoms with Gasteiger partial charge in [0, 0.05) is 30.2 Å². The molecule has 0 radical (unpaired) electrons. The molecule has 2 heterocycles. The van der Waals surface area contributed by atoms with E-state index < -0.39 is 18.0 Å². The maximum Gasteiger partial charge on any atom is 0.341 e. The van der Waals surface area contributed by atoms with Crippen LogP contribution in [-0.4, -0.2) is 27.7 Å². The Labute approximate surface area is 144 Å². The Morgan fingerprint density at radius 1 is 1.36 bits per heavy atom. The molecule has 2 aromatic heterocycles. The van der Waals surface area contributed by atoms with Crippen LogP contribution in [0.25, 0.3) is 10.9 Å². The number of carbonyl (C=O) groups is 2. The van der Waals surface area contributed by atoms with E-state index in [0.29, 0.717) is 23.6 Å². The van der Waals surface area contributed by atoms with Crippen LogP contribution in [0.1, 0.15) is 29.5 Å². The maximum absolute atomic E-state index is 12.6. The molecule has 0 fully saturated rings. The molecule has 3 aromatic rings. The fraction of sp³-hybridized carbons (Fsp3) is 0.278. The van der Waals surface area contributed by atoms with E-state index in [9.17, 15) is 9.59 Å². The molecule has 1 amide bonds. The summed E-state index contributed by atoms with van der Waals surface area (Å²) in [7, 11) is 1.86. The second kappa shape index (κ2) is 6.80. The highest BCUT2D eigenvalue weighted by Crippen LogP contribution is 2.22. The van der Waals surface area contributed by atoms with E-state index in [2.05, 4.69) is 10.5 Å². The normalized spacial score (nSPS) is 12.1. The van der Waals surface area contributed by atoms with Gasteiger partial charge in [0.1, 0.15) is 5.76 Å². The lowest BCUT2D eigenvalue weighted by Crippen LogP contribution is -2.32. The third-order valence-corrected chi connectivity index (χ3v) is 3.91. The van der Waals surface area contributed by atoms with Crippen molar-refractivity contribution >= 4 is 28.6 Å². The fourth-order valence-electron chi connectivity index (χ4n) is 2.65. The van der Waals surface area contributed by atoms with Gasteiger partial charge in [-0.25, -0.2) is 4.79 Å². The van der Waals surface area contributed by atoms with Crippen LogP contribution in [0.5, 0.6) is 0 Å². The van der Waals surface area contributed by atoms with Crippen molar-refractivity contribution in [3.63, 3.8) is 0 Å². The predicted octanol–water partition coefficient (Wildman–Crippen LogP) is 3.05. The molecule has 1 N–H and O–H groups in total. The molecular formula is C18H19N3O4. The molecule has 0 aliphatic heterocycles. The highest BCUT2D eigenvalue weighted by Gasteiger charge is 2.24. The number of benzene rings is 1. The highest BCUT2D eigenvalue weighted by atomic mass is 16.5. The van der Waals surface area contributed by atoms with Crippen LogP contribution >= 0.6 is 0 Å². The number of nitrogens with one attached hydrogen (secondary N) is 1. The number of amides is 1. The number of aryl methyl sites for hydroxylation is 2. The summed E-state index contributed by atoms with van der Waals surface area (Å²) < 4.78 is 12.2. The molecule has 0 saturated carbocycles. The van der Waals surface area contributed by atoms with Crippen LogP contribution in [0, 0.1) is 6.92 Å². The first-order valence-corrected chi connectivity index (χ1v) is 7.98. The van der Waals surface area contributed by atoms with E-state index in [4.69, 9.17) is 9.26 Å². The quantitative estimate of drug-likeness (QED) is 0.721. The lowest BCUT2D eigenvalue weighted by molar-refractivity contribution is -0.124. The summed E-state index contributed by atoms with van der Waals surface area (Å²) in [6.45, 7) is 3.50. The van der Waals surface area contributed by atoms with Gasteiger partial charge in [-0.2, -0.15) is 0 Å². The number of nitrogens with zero attached hydrogens (tertiary/aromatic N) is 2. The SMILES string of the molecule is CC[C@@H](OC(=O)c1cn(C)c2ccccc12)C(=O)Nc1cc(C)on1. The first kappa shape index (κ1) is 16.8. The Bertz CT molecular complexity index is 925. The van der Waals surface area contributed by atoms with Crippen molar-refractivity contribution in [3.05, 3.63) is 47.9 Å². The Morgan fingerprint density at radius 2 is 2.12 bits per heavy atom. The average Bonchev–Trinajstić information content (AvgIpc) is 3.16. The number of aromatic nitrogens is 2. The zero-order chi connectivity index (χ0) is 18.0. The van der Waals surface area contributed by atoms with Crippen LogP contribution in [0.15, 0.2) is 41.1 Å². The van der Waals surface area contributed by atoms with Gasteiger partial charge in [-0.05, 0) is 19.4 Å². The van der Waals surface area contributed by atoms with Gasteiger partial charge >= 0.3 is 5.97 Å². The molecule has 7 nitrogen and oxygen atoms in total. The second-order valence-electron chi connectivity index (χ2n) is 5.79. The minimum Gasteiger partial charge on any atom is -0.449 e. The van der Waals surface area contributed by atoms with E-state index in [1.165, 1.54) is 0 Å². The number of ether oxygens (including phenoxy) is 1. The number of anilines is 1. The first-order valence-electron chi connectivity index (χ1n) is 7.98. The van der Waals surface area contributed by atoms with Crippen LogP contribution < -0.4 is 5.32 Å². The van der Waals surface area contributed by atoms with Crippen LogP contribution in [0.2, 0.25) is 0 Å². The maximum atomic E-state index is 12.6. The lowest BCUT2D eigenvalue weighted by atomic mass is 10.2. The molecule has 0 bridgehead atoms. The molecule has 0 unspecified atom stereocenters. The summed E-state index contributed by atoms with van der Waals surface area (Å²) >= 11 is 0. The topological polar surface area (TPSA) is 86.4 Å². The highest BCUT2D eigenvalue weighted by molar-refractivity contribution is 6.05. The van der Waals surface area contributed by atoms with Crippen molar-refractivity contribution in [1.82, 2.24) is 9.72 Å². The number of rotatable bonds is 5. The van der Waals surface area contributed by atoms with E-state index in [1.807, 2.05) is 35.9 Å². The van der Waals surface area contributed by atoms with Gasteiger partial charge in [0.25, 0.3) is 5.91 Å². The summed E-state index contributed by atoms with van der Waals surface area (Å²) in [5, 5.41) is 7.08. The summed E-state index contributed by atoms with van der Waals surface area (Å²) in [5.41, 5.74) is 1.35. The van der Waals surface area contributed by atoms with Crippen LogP contribution in [-0.2, 0) is 16.6 Å². The number of hydrogen-bond acceptors (Lipinski definition) is 5. The van der Waals surface area contributed by atoms with Gasteiger partial charge in [0.15, 0.2) is 11.9 Å². The molecule has 0 saturated heterocycles. The van der Waals surface area contributed by atoms with E-state index in [-0.39, 0.29) is 0 Å². The predicted molar refractivity (Wildman–Crippen MR) is 92.3 cm³/mol. The minimum absolute atomic E-state index is 0.294. The number of para-hydroxylation sites is 1. The lowest BCUT2D eigenvalue weighted by Gasteiger charge is -2.14. The standard InChI is InChI=1S/C18H19N3O4/c1-4-15(17(22)19-16-9-11(2)25-20-16)24-18(23)13-10-21(3)14-8-6-5-7-12(13)14/h5-10,15H,4H2,1-3H3,(H,19,20,22)/t15-/m1/s1. The third-order valence-electron chi connectivity index (χ3n) is 3.91. The van der Waals surface area contributed by atoms with Crippen molar-refractivity contribution in [2.45, 2.75) is 26.4 Å². The average molecular weight is 341 g/mol. The van der Waals surface area contributed by atoms with Gasteiger partial charge in [-0.3, -0.25) is 4.79 Å². The van der Waals surface area contributed by atoms with Crippen molar-refractivity contribution < 1.29 is 18.8 Å². The van der Waals surface area contributed by atoms with Crippen LogP contribution in [0.3, 0.4) is 0 Å². The minimum atomic E-state index is -0.913. The molecule has 7 heteroatoms. The summed E-state index contributed by atoms with van der Waals surface area (Å²) in [6, 6.07) is 9.13.